The summed E-state index contributed by atoms with van der Waals surface area (Å²) in [7, 11) is 0. The van der Waals surface area contributed by atoms with Gasteiger partial charge in [0.15, 0.2) is 0 Å². The summed E-state index contributed by atoms with van der Waals surface area (Å²) >= 11 is 0. The van der Waals surface area contributed by atoms with Gasteiger partial charge in [0.25, 0.3) is 0 Å². The number of nitrogens with two attached hydrogens (primary N) is 1. The summed E-state index contributed by atoms with van der Waals surface area (Å²) in [5.74, 6) is 0.339. The number of phenols is 1. The molecule has 1 saturated heterocycles. The monoisotopic (exact) mass is 330 g/mol. The largest absolute Gasteiger partial charge is 0.507 e. The Morgan fingerprint density at radius 2 is 2.17 bits per heavy atom. The number of phenolic OH excluding ortho intramolecular Hbond substituents is 1. The number of nitrogens with one attached hydrogen (secondary N) is 1. The van der Waals surface area contributed by atoms with Gasteiger partial charge in [0.1, 0.15) is 11.9 Å². The molecule has 0 amide bonds. The molecule has 6 N–H and O–H groups in total. The summed E-state index contributed by atoms with van der Waals surface area (Å²) in [6, 6.07) is 6.58. The number of rotatable bonds is 4. The molecule has 1 aliphatic heterocycles. The molecule has 7 heteroatoms. The van der Waals surface area contributed by atoms with Gasteiger partial charge in [-0.25, -0.2) is 9.97 Å². The first kappa shape index (κ1) is 16.6. The number of nitrogens with zero attached hydrogens (tertiary/aromatic N) is 2. The Hall–Kier alpha value is -2.22. The van der Waals surface area contributed by atoms with Gasteiger partial charge in [0, 0.05) is 18.0 Å². The van der Waals surface area contributed by atoms with Crippen LogP contribution in [0.4, 0.5) is 5.95 Å². The predicted molar refractivity (Wildman–Crippen MR) is 90.4 cm³/mol. The number of hydrogen-bond donors (Lipinski definition) is 5. The second-order valence-electron chi connectivity index (χ2n) is 6.02. The van der Waals surface area contributed by atoms with E-state index in [9.17, 15) is 15.3 Å². The molecule has 1 aliphatic rings. The Labute approximate surface area is 140 Å². The zero-order chi connectivity index (χ0) is 17.1. The highest BCUT2D eigenvalue weighted by atomic mass is 16.3. The molecule has 7 nitrogen and oxygen atoms in total. The third-order valence-corrected chi connectivity index (χ3v) is 4.34. The van der Waals surface area contributed by atoms with Crippen LogP contribution in [0.15, 0.2) is 24.3 Å². The summed E-state index contributed by atoms with van der Waals surface area (Å²) < 4.78 is 0. The molecule has 0 saturated carbocycles. The maximum Gasteiger partial charge on any atom is 0.220 e. The quantitative estimate of drug-likeness (QED) is 0.564. The van der Waals surface area contributed by atoms with Gasteiger partial charge in [-0.3, -0.25) is 0 Å². The topological polar surface area (TPSA) is 125 Å². The maximum absolute atomic E-state index is 10.3. The molecule has 3 rings (SSSR count). The standard InChI is InChI=1S/C17H22N4O3/c18-17-20-12(10-3-2-6-19-8-10)7-13(21-17)16-11(15(24)9-22)4-1-5-14(16)23/h1,4-5,7,10,15,19,22-24H,2-3,6,8-9H2,(H2,18,20,21). The average Bonchev–Trinajstić information content (AvgIpc) is 2.61. The predicted octanol–water partition coefficient (Wildman–Crippen LogP) is 0.924. The van der Waals surface area contributed by atoms with Crippen molar-refractivity contribution in [3.8, 4) is 17.0 Å². The smallest absolute Gasteiger partial charge is 0.220 e. The summed E-state index contributed by atoms with van der Waals surface area (Å²) in [5.41, 5.74) is 7.92. The van der Waals surface area contributed by atoms with Crippen molar-refractivity contribution in [2.75, 3.05) is 25.4 Å². The molecule has 1 aromatic heterocycles. The van der Waals surface area contributed by atoms with E-state index in [-0.39, 0.29) is 17.6 Å². The zero-order valence-corrected chi connectivity index (χ0v) is 13.3. The van der Waals surface area contributed by atoms with Crippen molar-refractivity contribution in [3.05, 3.63) is 35.5 Å². The van der Waals surface area contributed by atoms with Crippen molar-refractivity contribution in [3.63, 3.8) is 0 Å². The van der Waals surface area contributed by atoms with Gasteiger partial charge in [-0.15, -0.1) is 0 Å². The number of benzene rings is 1. The second kappa shape index (κ2) is 7.12. The molecule has 2 aromatic rings. The van der Waals surface area contributed by atoms with Crippen LogP contribution in [0.5, 0.6) is 5.75 Å². The Kier molecular flexibility index (Phi) is 4.94. The van der Waals surface area contributed by atoms with E-state index in [0.29, 0.717) is 16.8 Å². The van der Waals surface area contributed by atoms with Crippen LogP contribution in [0.2, 0.25) is 0 Å². The molecule has 1 aromatic carbocycles. The van der Waals surface area contributed by atoms with Gasteiger partial charge in [-0.05, 0) is 37.1 Å². The van der Waals surface area contributed by atoms with Crippen molar-refractivity contribution in [1.82, 2.24) is 15.3 Å². The fraction of sp³-hybridized carbons (Fsp3) is 0.412. The molecule has 0 spiro atoms. The molecule has 2 atom stereocenters. The number of aliphatic hydroxyl groups excluding tert-OH is 2. The molecule has 0 aliphatic carbocycles. The number of anilines is 1. The minimum Gasteiger partial charge on any atom is -0.507 e. The summed E-state index contributed by atoms with van der Waals surface area (Å²) in [6.45, 7) is 1.37. The van der Waals surface area contributed by atoms with E-state index in [2.05, 4.69) is 15.3 Å². The SMILES string of the molecule is Nc1nc(-c2c(O)cccc2C(O)CO)cc(C2CCCNC2)n1. The van der Waals surface area contributed by atoms with Gasteiger partial charge < -0.3 is 26.4 Å². The number of aromatic nitrogens is 2. The molecule has 0 radical (unpaired) electrons. The third kappa shape index (κ3) is 3.33. The van der Waals surface area contributed by atoms with E-state index in [1.54, 1.807) is 18.2 Å². The van der Waals surface area contributed by atoms with Crippen LogP contribution in [-0.4, -0.2) is 45.0 Å². The van der Waals surface area contributed by atoms with Crippen LogP contribution in [-0.2, 0) is 0 Å². The molecular formula is C17H22N4O3. The van der Waals surface area contributed by atoms with Gasteiger partial charge >= 0.3 is 0 Å². The maximum atomic E-state index is 10.3. The average molecular weight is 330 g/mol. The minimum absolute atomic E-state index is 0.0224. The van der Waals surface area contributed by atoms with Crippen LogP contribution in [0.3, 0.4) is 0 Å². The van der Waals surface area contributed by atoms with Crippen LogP contribution in [0.1, 0.15) is 36.1 Å². The van der Waals surface area contributed by atoms with E-state index in [1.165, 1.54) is 6.07 Å². The van der Waals surface area contributed by atoms with E-state index < -0.39 is 12.7 Å². The zero-order valence-electron chi connectivity index (χ0n) is 13.3. The number of piperidine rings is 1. The normalized spacial score (nSPS) is 19.2. The second-order valence-corrected chi connectivity index (χ2v) is 6.02. The van der Waals surface area contributed by atoms with Crippen molar-refractivity contribution in [2.45, 2.75) is 24.9 Å². The lowest BCUT2D eigenvalue weighted by atomic mass is 9.93. The molecule has 1 fully saturated rings. The lowest BCUT2D eigenvalue weighted by Crippen LogP contribution is -2.29. The fourth-order valence-electron chi connectivity index (χ4n) is 3.14. The van der Waals surface area contributed by atoms with E-state index in [1.807, 2.05) is 0 Å². The highest BCUT2D eigenvalue weighted by Gasteiger charge is 2.22. The number of hydrogen-bond acceptors (Lipinski definition) is 7. The summed E-state index contributed by atoms with van der Waals surface area (Å²) in [6.07, 6.45) is 0.966. The van der Waals surface area contributed by atoms with Gasteiger partial charge in [-0.2, -0.15) is 0 Å². The Morgan fingerprint density at radius 3 is 2.88 bits per heavy atom. The Balaban J connectivity index is 2.08. The Bertz CT molecular complexity index is 717. The van der Waals surface area contributed by atoms with E-state index >= 15 is 0 Å². The van der Waals surface area contributed by atoms with Gasteiger partial charge in [0.2, 0.25) is 5.95 Å². The molecule has 2 heterocycles. The fourth-order valence-corrected chi connectivity index (χ4v) is 3.14. The molecule has 0 bridgehead atoms. The summed E-state index contributed by atoms with van der Waals surface area (Å²) in [5, 5.41) is 32.9. The molecule has 2 unspecified atom stereocenters. The van der Waals surface area contributed by atoms with Crippen molar-refractivity contribution in [1.29, 1.82) is 0 Å². The number of aliphatic hydroxyl groups is 2. The van der Waals surface area contributed by atoms with E-state index in [0.717, 1.165) is 31.6 Å². The van der Waals surface area contributed by atoms with Crippen molar-refractivity contribution >= 4 is 5.95 Å². The first-order valence-corrected chi connectivity index (χ1v) is 8.06. The third-order valence-electron chi connectivity index (χ3n) is 4.34. The Morgan fingerprint density at radius 1 is 1.33 bits per heavy atom. The van der Waals surface area contributed by atoms with Crippen LogP contribution >= 0.6 is 0 Å². The summed E-state index contributed by atoms with van der Waals surface area (Å²) in [4.78, 5) is 8.57. The first-order chi connectivity index (χ1) is 11.6. The van der Waals surface area contributed by atoms with Crippen molar-refractivity contribution < 1.29 is 15.3 Å². The number of nitrogen functional groups attached to an aromatic ring is 1. The van der Waals surface area contributed by atoms with Crippen LogP contribution < -0.4 is 11.1 Å². The lowest BCUT2D eigenvalue weighted by Gasteiger charge is -2.23. The van der Waals surface area contributed by atoms with Gasteiger partial charge in [-0.1, -0.05) is 12.1 Å². The highest BCUT2D eigenvalue weighted by molar-refractivity contribution is 5.72. The lowest BCUT2D eigenvalue weighted by molar-refractivity contribution is 0.0958. The van der Waals surface area contributed by atoms with Crippen LogP contribution in [0, 0.1) is 0 Å². The van der Waals surface area contributed by atoms with E-state index in [4.69, 9.17) is 5.73 Å². The highest BCUT2D eigenvalue weighted by Crippen LogP contribution is 2.36. The van der Waals surface area contributed by atoms with Crippen molar-refractivity contribution in [2.24, 2.45) is 0 Å². The van der Waals surface area contributed by atoms with Gasteiger partial charge in [0.05, 0.1) is 18.0 Å². The first-order valence-electron chi connectivity index (χ1n) is 8.06. The molecule has 128 valence electrons. The van der Waals surface area contributed by atoms with Crippen LogP contribution in [0.25, 0.3) is 11.3 Å². The number of aromatic hydroxyl groups is 1. The molecular weight excluding hydrogens is 308 g/mol. The minimum atomic E-state index is -1.11. The molecule has 24 heavy (non-hydrogen) atoms.